The largest absolute Gasteiger partial charge is 0.245 e. The molecule has 0 atom stereocenters. The lowest BCUT2D eigenvalue weighted by atomic mass is 9.85. The van der Waals surface area contributed by atoms with Crippen LogP contribution in [0.1, 0.15) is 38.7 Å². The van der Waals surface area contributed by atoms with Gasteiger partial charge in [0.1, 0.15) is 10.7 Å². The van der Waals surface area contributed by atoms with Crippen LogP contribution in [0.15, 0.2) is 23.1 Å². The van der Waals surface area contributed by atoms with Crippen molar-refractivity contribution in [1.29, 1.82) is 0 Å². The molecule has 1 aromatic carbocycles. The van der Waals surface area contributed by atoms with E-state index in [0.717, 1.165) is 19.3 Å². The average Bonchev–Trinajstić information content (AvgIpc) is 2.60. The van der Waals surface area contributed by atoms with Gasteiger partial charge in [-0.05, 0) is 42.4 Å². The second kappa shape index (κ2) is 6.23. The number of halogens is 2. The van der Waals surface area contributed by atoms with Crippen molar-refractivity contribution in [1.82, 2.24) is 4.31 Å². The highest BCUT2D eigenvalue weighted by molar-refractivity contribution is 7.89. The van der Waals surface area contributed by atoms with Gasteiger partial charge in [0.25, 0.3) is 0 Å². The lowest BCUT2D eigenvalue weighted by Crippen LogP contribution is -2.33. The van der Waals surface area contributed by atoms with Crippen molar-refractivity contribution in [3.8, 4) is 0 Å². The second-order valence-electron chi connectivity index (χ2n) is 6.32. The Morgan fingerprint density at radius 1 is 1.29 bits per heavy atom. The maximum Gasteiger partial charge on any atom is 0.245 e. The number of benzene rings is 1. The molecule has 1 aliphatic rings. The van der Waals surface area contributed by atoms with Gasteiger partial charge in [0.2, 0.25) is 10.0 Å². The van der Waals surface area contributed by atoms with E-state index in [1.807, 2.05) is 0 Å². The van der Waals surface area contributed by atoms with Crippen LogP contribution in [0.25, 0.3) is 0 Å². The summed E-state index contributed by atoms with van der Waals surface area (Å²) in [5.74, 6) is -0.553. The fraction of sp³-hybridized carbons (Fsp3) is 0.600. The van der Waals surface area contributed by atoms with Crippen molar-refractivity contribution < 1.29 is 12.8 Å². The molecule has 0 radical (unpaired) electrons. The monoisotopic (exact) mass is 333 g/mol. The maximum atomic E-state index is 14.0. The van der Waals surface area contributed by atoms with Gasteiger partial charge in [0.05, 0.1) is 0 Å². The summed E-state index contributed by atoms with van der Waals surface area (Å²) < 4.78 is 40.7. The highest BCUT2D eigenvalue weighted by Gasteiger charge is 2.32. The molecule has 0 aromatic heterocycles. The quantitative estimate of drug-likeness (QED) is 0.790. The predicted molar refractivity (Wildman–Crippen MR) is 82.3 cm³/mol. The minimum Gasteiger partial charge on any atom is -0.207 e. The van der Waals surface area contributed by atoms with Gasteiger partial charge < -0.3 is 0 Å². The van der Waals surface area contributed by atoms with Crippen molar-refractivity contribution >= 4 is 21.6 Å². The molecule has 0 N–H and O–H groups in total. The lowest BCUT2D eigenvalue weighted by molar-refractivity contribution is 0.314. The molecule has 1 fully saturated rings. The van der Waals surface area contributed by atoms with Crippen molar-refractivity contribution in [2.75, 3.05) is 13.1 Å². The number of rotatable bonds is 3. The van der Waals surface area contributed by atoms with E-state index < -0.39 is 15.8 Å². The summed E-state index contributed by atoms with van der Waals surface area (Å²) in [5, 5.41) is 0. The third-order valence-electron chi connectivity index (χ3n) is 4.07. The zero-order chi connectivity index (χ0) is 15.7. The third kappa shape index (κ3) is 3.76. The molecule has 0 amide bonds. The second-order valence-corrected chi connectivity index (χ2v) is 8.49. The number of hydrogen-bond acceptors (Lipinski definition) is 2. The van der Waals surface area contributed by atoms with E-state index in [4.69, 9.17) is 11.6 Å². The van der Waals surface area contributed by atoms with E-state index in [0.29, 0.717) is 18.7 Å². The molecule has 1 heterocycles. The fourth-order valence-electron chi connectivity index (χ4n) is 2.61. The third-order valence-corrected chi connectivity index (χ3v) is 6.29. The molecule has 21 heavy (non-hydrogen) atoms. The summed E-state index contributed by atoms with van der Waals surface area (Å²) in [6.07, 6.45) is 2.55. The standard InChI is InChI=1S/C15H21ClFNO2S/c1-15(2)6-3-8-18(9-7-15)21(19,20)14-10-12(11-16)4-5-13(14)17/h4-5,10H,3,6-9,11H2,1-2H3. The Balaban J connectivity index is 2.33. The zero-order valence-electron chi connectivity index (χ0n) is 12.4. The highest BCUT2D eigenvalue weighted by Crippen LogP contribution is 2.32. The average molecular weight is 334 g/mol. The first-order chi connectivity index (χ1) is 9.76. The lowest BCUT2D eigenvalue weighted by Gasteiger charge is -2.23. The van der Waals surface area contributed by atoms with E-state index in [9.17, 15) is 12.8 Å². The minimum atomic E-state index is -3.80. The molecule has 0 unspecified atom stereocenters. The number of hydrogen-bond donors (Lipinski definition) is 0. The first-order valence-electron chi connectivity index (χ1n) is 7.11. The van der Waals surface area contributed by atoms with Crippen molar-refractivity contribution in [2.24, 2.45) is 5.41 Å². The molecular formula is C15H21ClFNO2S. The highest BCUT2D eigenvalue weighted by atomic mass is 35.5. The fourth-order valence-corrected chi connectivity index (χ4v) is 4.37. The predicted octanol–water partition coefficient (Wildman–Crippen LogP) is 3.77. The Hall–Kier alpha value is -0.650. The van der Waals surface area contributed by atoms with Gasteiger partial charge in [-0.25, -0.2) is 12.8 Å². The van der Waals surface area contributed by atoms with Gasteiger partial charge in [-0.15, -0.1) is 11.6 Å². The molecule has 0 spiro atoms. The summed E-state index contributed by atoms with van der Waals surface area (Å²) >= 11 is 5.72. The van der Waals surface area contributed by atoms with Crippen LogP contribution in [-0.4, -0.2) is 25.8 Å². The van der Waals surface area contributed by atoms with E-state index >= 15 is 0 Å². The van der Waals surface area contributed by atoms with Gasteiger partial charge >= 0.3 is 0 Å². The van der Waals surface area contributed by atoms with Gasteiger partial charge in [-0.3, -0.25) is 0 Å². The normalized spacial score (nSPS) is 20.2. The minimum absolute atomic E-state index is 0.126. The topological polar surface area (TPSA) is 37.4 Å². The van der Waals surface area contributed by atoms with Crippen LogP contribution >= 0.6 is 11.6 Å². The zero-order valence-corrected chi connectivity index (χ0v) is 14.0. The molecule has 1 aromatic rings. The maximum absolute atomic E-state index is 14.0. The smallest absolute Gasteiger partial charge is 0.207 e. The van der Waals surface area contributed by atoms with Crippen LogP contribution in [0.2, 0.25) is 0 Å². The van der Waals surface area contributed by atoms with E-state index in [1.165, 1.54) is 22.5 Å². The summed E-state index contributed by atoms with van der Waals surface area (Å²) in [5.41, 5.74) is 0.729. The van der Waals surface area contributed by atoms with E-state index in [-0.39, 0.29) is 16.2 Å². The van der Waals surface area contributed by atoms with E-state index in [2.05, 4.69) is 13.8 Å². The number of alkyl halides is 1. The number of sulfonamides is 1. The summed E-state index contributed by atoms with van der Waals surface area (Å²) in [7, 11) is -3.80. The summed E-state index contributed by atoms with van der Waals surface area (Å²) in [4.78, 5) is -0.264. The Bertz CT molecular complexity index is 616. The van der Waals surface area contributed by atoms with Gasteiger partial charge in [-0.1, -0.05) is 19.9 Å². The molecule has 2 rings (SSSR count). The molecule has 3 nitrogen and oxygen atoms in total. The van der Waals surface area contributed by atoms with Crippen LogP contribution in [0.4, 0.5) is 4.39 Å². The van der Waals surface area contributed by atoms with Crippen LogP contribution in [0, 0.1) is 11.2 Å². The molecular weight excluding hydrogens is 313 g/mol. The van der Waals surface area contributed by atoms with Crippen molar-refractivity contribution in [2.45, 2.75) is 43.9 Å². The molecule has 0 saturated carbocycles. The number of nitrogens with zero attached hydrogens (tertiary/aromatic N) is 1. The Labute approximate surface area is 131 Å². The van der Waals surface area contributed by atoms with Crippen LogP contribution in [0.5, 0.6) is 0 Å². The van der Waals surface area contributed by atoms with Crippen LogP contribution in [-0.2, 0) is 15.9 Å². The molecule has 6 heteroatoms. The Kier molecular flexibility index (Phi) is 4.96. The van der Waals surface area contributed by atoms with Crippen molar-refractivity contribution in [3.05, 3.63) is 29.6 Å². The van der Waals surface area contributed by atoms with Gasteiger partial charge in [0.15, 0.2) is 0 Å². The molecule has 1 aliphatic heterocycles. The first kappa shape index (κ1) is 16.7. The van der Waals surface area contributed by atoms with E-state index in [1.54, 1.807) is 0 Å². The Morgan fingerprint density at radius 3 is 2.67 bits per heavy atom. The van der Waals surface area contributed by atoms with Crippen LogP contribution in [0.3, 0.4) is 0 Å². The molecule has 118 valence electrons. The summed E-state index contributed by atoms with van der Waals surface area (Å²) in [6, 6.07) is 4.02. The Morgan fingerprint density at radius 2 is 2.00 bits per heavy atom. The van der Waals surface area contributed by atoms with Gasteiger partial charge in [-0.2, -0.15) is 4.31 Å². The molecule has 0 bridgehead atoms. The first-order valence-corrected chi connectivity index (χ1v) is 9.08. The van der Waals surface area contributed by atoms with Gasteiger partial charge in [0, 0.05) is 19.0 Å². The molecule has 1 saturated heterocycles. The molecule has 0 aliphatic carbocycles. The van der Waals surface area contributed by atoms with Crippen LogP contribution < -0.4 is 0 Å². The SMILES string of the molecule is CC1(C)CCCN(S(=O)(=O)c2cc(CCl)ccc2F)CC1. The summed E-state index contributed by atoms with van der Waals surface area (Å²) in [6.45, 7) is 5.14. The van der Waals surface area contributed by atoms with Crippen molar-refractivity contribution in [3.63, 3.8) is 0 Å².